The molecule has 4 rings (SSSR count). The molecule has 1 aliphatic rings. The van der Waals surface area contributed by atoms with Crippen LogP contribution in [0.5, 0.6) is 0 Å². The van der Waals surface area contributed by atoms with Gasteiger partial charge in [-0.2, -0.15) is 0 Å². The molecule has 1 aliphatic carbocycles. The van der Waals surface area contributed by atoms with Gasteiger partial charge >= 0.3 is 0 Å². The van der Waals surface area contributed by atoms with Crippen LogP contribution in [0, 0.1) is 0 Å². The summed E-state index contributed by atoms with van der Waals surface area (Å²) >= 11 is 1.05. The average molecular weight is 437 g/mol. The largest absolute Gasteiger partial charge is 0.280 e. The molecule has 0 amide bonds. The number of nitrogens with zero attached hydrogens (tertiary/aromatic N) is 1. The number of sulfonamides is 1. The van der Waals surface area contributed by atoms with Crippen molar-refractivity contribution < 1.29 is 16.8 Å². The van der Waals surface area contributed by atoms with Gasteiger partial charge in [-0.1, -0.05) is 13.0 Å². The van der Waals surface area contributed by atoms with Crippen molar-refractivity contribution in [1.82, 2.24) is 4.98 Å². The summed E-state index contributed by atoms with van der Waals surface area (Å²) in [6.45, 7) is 1.57. The third-order valence-corrected chi connectivity index (χ3v) is 9.48. The van der Waals surface area contributed by atoms with E-state index in [9.17, 15) is 16.8 Å². The zero-order valence-electron chi connectivity index (χ0n) is 15.3. The molecule has 0 fully saturated rings. The van der Waals surface area contributed by atoms with Crippen LogP contribution in [0.2, 0.25) is 0 Å². The van der Waals surface area contributed by atoms with Crippen molar-refractivity contribution >= 4 is 47.1 Å². The van der Waals surface area contributed by atoms with Gasteiger partial charge in [-0.05, 0) is 67.1 Å². The lowest BCUT2D eigenvalue weighted by atomic mass is 9.92. The fraction of sp³-hybridized carbons (Fsp3) is 0.316. The first kappa shape index (κ1) is 19.4. The maximum absolute atomic E-state index is 12.8. The lowest BCUT2D eigenvalue weighted by Gasteiger charge is -2.17. The predicted octanol–water partition coefficient (Wildman–Crippen LogP) is 3.77. The minimum absolute atomic E-state index is 0.0232. The van der Waals surface area contributed by atoms with E-state index in [2.05, 4.69) is 9.71 Å². The number of thiazole rings is 1. The van der Waals surface area contributed by atoms with E-state index in [4.69, 9.17) is 0 Å². The zero-order valence-corrected chi connectivity index (χ0v) is 17.8. The molecule has 2 aromatic carbocycles. The maximum atomic E-state index is 12.8. The highest BCUT2D eigenvalue weighted by molar-refractivity contribution is 7.93. The molecule has 1 aromatic heterocycles. The molecule has 0 saturated carbocycles. The van der Waals surface area contributed by atoms with Crippen LogP contribution in [-0.2, 0) is 32.7 Å². The molecule has 9 heteroatoms. The quantitative estimate of drug-likeness (QED) is 0.657. The highest BCUT2D eigenvalue weighted by Crippen LogP contribution is 2.30. The van der Waals surface area contributed by atoms with Gasteiger partial charge in [0.15, 0.2) is 0 Å². The van der Waals surface area contributed by atoms with Crippen molar-refractivity contribution in [2.45, 2.75) is 41.8 Å². The lowest BCUT2D eigenvalue weighted by Crippen LogP contribution is -2.14. The number of hydrogen-bond acceptors (Lipinski definition) is 6. The summed E-state index contributed by atoms with van der Waals surface area (Å²) < 4.78 is 53.0. The second-order valence-electron chi connectivity index (χ2n) is 6.81. The maximum Gasteiger partial charge on any atom is 0.261 e. The molecule has 148 valence electrons. The predicted molar refractivity (Wildman–Crippen MR) is 111 cm³/mol. The summed E-state index contributed by atoms with van der Waals surface area (Å²) in [6, 6.07) is 10.2. The molecule has 0 unspecified atom stereocenters. The number of nitrogens with one attached hydrogen (secondary N) is 1. The molecule has 0 aliphatic heterocycles. The van der Waals surface area contributed by atoms with Crippen molar-refractivity contribution in [3.63, 3.8) is 0 Å². The van der Waals surface area contributed by atoms with E-state index in [0.29, 0.717) is 15.9 Å². The summed E-state index contributed by atoms with van der Waals surface area (Å²) in [6.07, 6.45) is 4.12. The Morgan fingerprint density at radius 2 is 1.75 bits per heavy atom. The zero-order chi connectivity index (χ0) is 19.9. The van der Waals surface area contributed by atoms with Crippen LogP contribution >= 0.6 is 11.3 Å². The lowest BCUT2D eigenvalue weighted by molar-refractivity contribution is 0.596. The number of hydrogen-bond donors (Lipinski definition) is 1. The molecular formula is C19H20N2O4S3. The summed E-state index contributed by atoms with van der Waals surface area (Å²) in [4.78, 5) is 4.39. The monoisotopic (exact) mass is 436 g/mol. The first-order valence-electron chi connectivity index (χ1n) is 9.06. The number of fused-ring (bicyclic) bond motifs is 2. The summed E-state index contributed by atoms with van der Waals surface area (Å²) in [7, 11) is -7.12. The number of aryl methyl sites for hydroxylation is 2. The molecule has 0 bridgehead atoms. The molecule has 1 heterocycles. The Bertz CT molecular complexity index is 1260. The topological polar surface area (TPSA) is 93.2 Å². The first-order valence-corrected chi connectivity index (χ1v) is 13.0. The molecule has 0 radical (unpaired) electrons. The molecule has 6 nitrogen and oxygen atoms in total. The van der Waals surface area contributed by atoms with Crippen LogP contribution in [-0.4, -0.2) is 27.6 Å². The third kappa shape index (κ3) is 3.66. The second kappa shape index (κ2) is 7.13. The van der Waals surface area contributed by atoms with Crippen LogP contribution in [0.3, 0.4) is 0 Å². The van der Waals surface area contributed by atoms with Gasteiger partial charge in [-0.25, -0.2) is 21.8 Å². The molecule has 0 saturated heterocycles. The summed E-state index contributed by atoms with van der Waals surface area (Å²) in [5, 5.41) is 0. The van der Waals surface area contributed by atoms with Gasteiger partial charge in [-0.3, -0.25) is 4.72 Å². The van der Waals surface area contributed by atoms with Gasteiger partial charge in [0.2, 0.25) is 14.2 Å². The van der Waals surface area contributed by atoms with E-state index in [1.165, 1.54) is 5.56 Å². The average Bonchev–Trinajstić information content (AvgIpc) is 3.11. The Hall–Kier alpha value is -1.97. The molecule has 0 spiro atoms. The standard InChI is InChI=1S/C19H20N2O4S3/c1-2-27(22,23)19-20-17-10-8-15(12-18(17)26-19)21-28(24,25)16-9-7-13-5-3-4-6-14(13)11-16/h7-12,21H,2-6H2,1H3. The van der Waals surface area contributed by atoms with Gasteiger partial charge in [0.1, 0.15) is 0 Å². The smallest absolute Gasteiger partial charge is 0.261 e. The van der Waals surface area contributed by atoms with E-state index < -0.39 is 19.9 Å². The van der Waals surface area contributed by atoms with Crippen molar-refractivity contribution in [3.05, 3.63) is 47.5 Å². The first-order chi connectivity index (χ1) is 13.3. The van der Waals surface area contributed by atoms with Crippen LogP contribution in [0.4, 0.5) is 5.69 Å². The van der Waals surface area contributed by atoms with Gasteiger partial charge < -0.3 is 0 Å². The number of anilines is 1. The highest BCUT2D eigenvalue weighted by Gasteiger charge is 2.20. The minimum atomic E-state index is -3.73. The molecule has 3 aromatic rings. The van der Waals surface area contributed by atoms with Crippen LogP contribution in [0.25, 0.3) is 10.2 Å². The molecule has 1 N–H and O–H groups in total. The van der Waals surface area contributed by atoms with E-state index >= 15 is 0 Å². The SMILES string of the molecule is CCS(=O)(=O)c1nc2ccc(NS(=O)(=O)c3ccc4c(c3)CCCC4)cc2s1. The van der Waals surface area contributed by atoms with Gasteiger partial charge in [0.05, 0.1) is 26.6 Å². The van der Waals surface area contributed by atoms with Crippen molar-refractivity contribution in [3.8, 4) is 0 Å². The van der Waals surface area contributed by atoms with Gasteiger partial charge in [0.25, 0.3) is 10.0 Å². The van der Waals surface area contributed by atoms with Crippen LogP contribution in [0.1, 0.15) is 30.9 Å². The van der Waals surface area contributed by atoms with Gasteiger partial charge in [-0.15, -0.1) is 11.3 Å². The van der Waals surface area contributed by atoms with E-state index in [0.717, 1.165) is 42.6 Å². The Labute approximate surface area is 168 Å². The number of rotatable bonds is 5. The second-order valence-corrected chi connectivity index (χ2v) is 12.0. The fourth-order valence-corrected chi connectivity index (χ4v) is 6.77. The van der Waals surface area contributed by atoms with E-state index in [1.807, 2.05) is 6.07 Å². The Morgan fingerprint density at radius 3 is 2.50 bits per heavy atom. The molecular weight excluding hydrogens is 416 g/mol. The summed E-state index contributed by atoms with van der Waals surface area (Å²) in [5.41, 5.74) is 3.24. The summed E-state index contributed by atoms with van der Waals surface area (Å²) in [5.74, 6) is -0.0232. The Morgan fingerprint density at radius 1 is 1.00 bits per heavy atom. The normalized spacial score (nSPS) is 14.8. The minimum Gasteiger partial charge on any atom is -0.280 e. The molecule has 0 atom stereocenters. The Kier molecular flexibility index (Phi) is 4.93. The van der Waals surface area contributed by atoms with Gasteiger partial charge in [0, 0.05) is 0 Å². The van der Waals surface area contributed by atoms with Crippen LogP contribution < -0.4 is 4.72 Å². The molecule has 28 heavy (non-hydrogen) atoms. The van der Waals surface area contributed by atoms with E-state index in [-0.39, 0.29) is 15.0 Å². The van der Waals surface area contributed by atoms with E-state index in [1.54, 1.807) is 37.3 Å². The number of aromatic nitrogens is 1. The van der Waals surface area contributed by atoms with Crippen molar-refractivity contribution in [1.29, 1.82) is 0 Å². The number of sulfone groups is 1. The number of benzene rings is 2. The highest BCUT2D eigenvalue weighted by atomic mass is 32.2. The van der Waals surface area contributed by atoms with Crippen molar-refractivity contribution in [2.24, 2.45) is 0 Å². The third-order valence-electron chi connectivity index (χ3n) is 4.90. The Balaban J connectivity index is 1.65. The fourth-order valence-electron chi connectivity index (χ4n) is 3.31. The van der Waals surface area contributed by atoms with Crippen molar-refractivity contribution in [2.75, 3.05) is 10.5 Å². The van der Waals surface area contributed by atoms with Crippen LogP contribution in [0.15, 0.2) is 45.6 Å².